The Morgan fingerprint density at radius 1 is 1.45 bits per heavy atom. The predicted octanol–water partition coefficient (Wildman–Crippen LogP) is 1.96. The quantitative estimate of drug-likeness (QED) is 0.873. The summed E-state index contributed by atoms with van der Waals surface area (Å²) < 4.78 is 40.5. The maximum absolute atomic E-state index is 13.1. The van der Waals surface area contributed by atoms with E-state index in [9.17, 15) is 17.9 Å². The van der Waals surface area contributed by atoms with Gasteiger partial charge in [0.1, 0.15) is 5.82 Å². The Bertz CT molecular complexity index is 582. The third kappa shape index (κ3) is 3.19. The molecular formula is C14H20FNO3S. The monoisotopic (exact) mass is 301 g/mol. The summed E-state index contributed by atoms with van der Waals surface area (Å²) in [6.45, 7) is 3.49. The first-order chi connectivity index (χ1) is 9.33. The Morgan fingerprint density at radius 2 is 2.10 bits per heavy atom. The smallest absolute Gasteiger partial charge is 0.241 e. The average Bonchev–Trinajstić information content (AvgIpc) is 2.32. The van der Waals surface area contributed by atoms with E-state index in [2.05, 4.69) is 4.72 Å². The number of sulfonamides is 1. The Balaban J connectivity index is 2.17. The summed E-state index contributed by atoms with van der Waals surface area (Å²) in [5, 5.41) is 9.33. The highest BCUT2D eigenvalue weighted by molar-refractivity contribution is 7.89. The fourth-order valence-electron chi connectivity index (χ4n) is 2.65. The summed E-state index contributed by atoms with van der Waals surface area (Å²) in [6, 6.07) is 3.46. The molecule has 0 saturated heterocycles. The van der Waals surface area contributed by atoms with Crippen molar-refractivity contribution in [2.24, 2.45) is 5.92 Å². The van der Waals surface area contributed by atoms with E-state index in [1.807, 2.05) is 6.92 Å². The lowest BCUT2D eigenvalue weighted by molar-refractivity contribution is 0.0277. The molecule has 6 heteroatoms. The molecule has 20 heavy (non-hydrogen) atoms. The number of halogens is 1. The molecule has 0 radical (unpaired) electrons. The molecule has 0 amide bonds. The summed E-state index contributed by atoms with van der Waals surface area (Å²) in [5.74, 6) is -0.277. The van der Waals surface area contributed by atoms with Crippen LogP contribution in [0.5, 0.6) is 0 Å². The number of aliphatic hydroxyl groups is 1. The van der Waals surface area contributed by atoms with Crippen molar-refractivity contribution in [2.45, 2.75) is 50.2 Å². The van der Waals surface area contributed by atoms with Crippen molar-refractivity contribution in [3.63, 3.8) is 0 Å². The lowest BCUT2D eigenvalue weighted by Gasteiger charge is -2.37. The molecule has 1 atom stereocenters. The maximum atomic E-state index is 13.1. The molecule has 1 aliphatic carbocycles. The molecule has 2 N–H and O–H groups in total. The number of hydrogen-bond acceptors (Lipinski definition) is 3. The first-order valence-electron chi connectivity index (χ1n) is 6.80. The molecule has 4 nitrogen and oxygen atoms in total. The molecule has 1 unspecified atom stereocenters. The van der Waals surface area contributed by atoms with Crippen molar-refractivity contribution < 1.29 is 17.9 Å². The highest BCUT2D eigenvalue weighted by atomic mass is 32.2. The number of nitrogens with one attached hydrogen (secondary N) is 1. The fraction of sp³-hybridized carbons (Fsp3) is 0.571. The van der Waals surface area contributed by atoms with Crippen LogP contribution in [0, 0.1) is 18.7 Å². The van der Waals surface area contributed by atoms with E-state index in [0.29, 0.717) is 24.8 Å². The molecule has 0 aromatic heterocycles. The second kappa shape index (κ2) is 5.79. The van der Waals surface area contributed by atoms with E-state index in [0.717, 1.165) is 6.07 Å². The van der Waals surface area contributed by atoms with Crippen LogP contribution < -0.4 is 4.72 Å². The van der Waals surface area contributed by atoms with Gasteiger partial charge >= 0.3 is 0 Å². The third-order valence-corrected chi connectivity index (χ3v) is 5.54. The number of aryl methyl sites for hydroxylation is 1. The van der Waals surface area contributed by atoms with Crippen molar-refractivity contribution in [3.05, 3.63) is 29.6 Å². The van der Waals surface area contributed by atoms with E-state index in [4.69, 9.17) is 0 Å². The molecule has 112 valence electrons. The fourth-order valence-corrected chi connectivity index (χ4v) is 4.26. The number of aliphatic hydroxyl groups excluding tert-OH is 1. The van der Waals surface area contributed by atoms with E-state index in [-0.39, 0.29) is 23.0 Å². The standard InChI is InChI=1S/C14H20FNO3S/c1-3-13(10-7-12(17)8-10)16-20(18,19)14-5-4-11(15)6-9(14)2/h4-6,10,12-13,16-17H,3,7-8H2,1-2H3. The van der Waals surface area contributed by atoms with Crippen molar-refractivity contribution in [2.75, 3.05) is 0 Å². The molecule has 1 aromatic carbocycles. The minimum Gasteiger partial charge on any atom is -0.393 e. The first kappa shape index (κ1) is 15.4. The Labute approximate surface area is 119 Å². The molecule has 1 fully saturated rings. The molecule has 0 heterocycles. The lowest BCUT2D eigenvalue weighted by Crippen LogP contribution is -2.46. The number of rotatable bonds is 5. The van der Waals surface area contributed by atoms with Gasteiger partial charge in [0.05, 0.1) is 11.0 Å². The van der Waals surface area contributed by atoms with Gasteiger partial charge in [-0.3, -0.25) is 0 Å². The maximum Gasteiger partial charge on any atom is 0.241 e. The summed E-state index contributed by atoms with van der Waals surface area (Å²) in [6.07, 6.45) is 1.61. The van der Waals surface area contributed by atoms with Crippen LogP contribution in [0.4, 0.5) is 4.39 Å². The minimum atomic E-state index is -3.66. The van der Waals surface area contributed by atoms with Gasteiger partial charge in [0.2, 0.25) is 10.0 Å². The molecule has 1 aliphatic rings. The zero-order valence-corrected chi connectivity index (χ0v) is 12.5. The average molecular weight is 301 g/mol. The molecular weight excluding hydrogens is 281 g/mol. The van der Waals surface area contributed by atoms with E-state index >= 15 is 0 Å². The second-order valence-corrected chi connectivity index (χ2v) is 7.11. The van der Waals surface area contributed by atoms with Gasteiger partial charge in [-0.25, -0.2) is 17.5 Å². The predicted molar refractivity (Wildman–Crippen MR) is 74.3 cm³/mol. The van der Waals surface area contributed by atoms with Crippen LogP contribution in [-0.4, -0.2) is 25.7 Å². The highest BCUT2D eigenvalue weighted by Crippen LogP contribution is 2.32. The van der Waals surface area contributed by atoms with Gasteiger partial charge in [-0.15, -0.1) is 0 Å². The Hall–Kier alpha value is -0.980. The third-order valence-electron chi connectivity index (χ3n) is 3.89. The summed E-state index contributed by atoms with van der Waals surface area (Å²) in [5.41, 5.74) is 0.390. The number of hydrogen-bond donors (Lipinski definition) is 2. The lowest BCUT2D eigenvalue weighted by atomic mass is 9.77. The van der Waals surface area contributed by atoms with Crippen molar-refractivity contribution >= 4 is 10.0 Å². The van der Waals surface area contributed by atoms with Crippen LogP contribution in [0.25, 0.3) is 0 Å². The molecule has 2 rings (SSSR count). The zero-order valence-electron chi connectivity index (χ0n) is 11.6. The SMILES string of the molecule is CCC(NS(=O)(=O)c1ccc(F)cc1C)C1CC(O)C1. The topological polar surface area (TPSA) is 66.4 Å². The zero-order chi connectivity index (χ0) is 14.9. The summed E-state index contributed by atoms with van der Waals surface area (Å²) >= 11 is 0. The van der Waals surface area contributed by atoms with Crippen molar-refractivity contribution in [3.8, 4) is 0 Å². The van der Waals surface area contributed by atoms with E-state index < -0.39 is 15.8 Å². The van der Waals surface area contributed by atoms with Crippen LogP contribution in [0.15, 0.2) is 23.1 Å². The van der Waals surface area contributed by atoms with Crippen LogP contribution in [-0.2, 0) is 10.0 Å². The van der Waals surface area contributed by atoms with Crippen LogP contribution in [0.1, 0.15) is 31.7 Å². The van der Waals surface area contributed by atoms with Gasteiger partial charge < -0.3 is 5.11 Å². The van der Waals surface area contributed by atoms with Gasteiger partial charge in [-0.2, -0.15) is 0 Å². The highest BCUT2D eigenvalue weighted by Gasteiger charge is 2.35. The molecule has 1 aromatic rings. The molecule has 0 aliphatic heterocycles. The summed E-state index contributed by atoms with van der Waals surface area (Å²) in [4.78, 5) is 0.109. The van der Waals surface area contributed by atoms with Crippen molar-refractivity contribution in [1.29, 1.82) is 0 Å². The van der Waals surface area contributed by atoms with Crippen LogP contribution in [0.2, 0.25) is 0 Å². The first-order valence-corrected chi connectivity index (χ1v) is 8.28. The van der Waals surface area contributed by atoms with Gasteiger partial charge in [0, 0.05) is 6.04 Å². The second-order valence-electron chi connectivity index (χ2n) is 5.43. The minimum absolute atomic E-state index is 0.109. The molecule has 0 spiro atoms. The van der Waals surface area contributed by atoms with Crippen LogP contribution in [0.3, 0.4) is 0 Å². The largest absolute Gasteiger partial charge is 0.393 e. The van der Waals surface area contributed by atoms with Crippen LogP contribution >= 0.6 is 0 Å². The normalized spacial score (nSPS) is 24.2. The van der Waals surface area contributed by atoms with Gasteiger partial charge in [-0.05, 0) is 55.9 Å². The molecule has 1 saturated carbocycles. The van der Waals surface area contributed by atoms with E-state index in [1.54, 1.807) is 6.92 Å². The van der Waals surface area contributed by atoms with Gasteiger partial charge in [-0.1, -0.05) is 6.92 Å². The molecule has 0 bridgehead atoms. The van der Waals surface area contributed by atoms with E-state index in [1.165, 1.54) is 12.1 Å². The Morgan fingerprint density at radius 3 is 2.60 bits per heavy atom. The Kier molecular flexibility index (Phi) is 4.46. The van der Waals surface area contributed by atoms with Crippen molar-refractivity contribution in [1.82, 2.24) is 4.72 Å². The number of benzene rings is 1. The van der Waals surface area contributed by atoms with Gasteiger partial charge in [0.15, 0.2) is 0 Å². The summed E-state index contributed by atoms with van der Waals surface area (Å²) in [7, 11) is -3.66. The van der Waals surface area contributed by atoms with Gasteiger partial charge in [0.25, 0.3) is 0 Å².